The molecule has 0 spiro atoms. The summed E-state index contributed by atoms with van der Waals surface area (Å²) in [5.74, 6) is -0.0602. The van der Waals surface area contributed by atoms with E-state index in [2.05, 4.69) is 5.32 Å². The number of nitrogens with zero attached hydrogens (tertiary/aromatic N) is 1. The second-order valence-corrected chi connectivity index (χ2v) is 8.51. The van der Waals surface area contributed by atoms with Gasteiger partial charge in [-0.25, -0.2) is 9.69 Å². The van der Waals surface area contributed by atoms with E-state index < -0.39 is 17.8 Å². The smallest absolute Gasteiger partial charge is 0.335 e. The first-order valence-corrected chi connectivity index (χ1v) is 12.0. The minimum atomic E-state index is -0.803. The molecule has 0 aliphatic carbocycles. The molecule has 1 N–H and O–H groups in total. The second kappa shape index (κ2) is 12.1. The van der Waals surface area contributed by atoms with Gasteiger partial charge in [0, 0.05) is 5.75 Å². The fourth-order valence-electron chi connectivity index (χ4n) is 3.21. The number of nitrogens with one attached hydrogen (secondary N) is 1. The summed E-state index contributed by atoms with van der Waals surface area (Å²) in [6, 6.07) is 11.0. The number of carbonyl (C=O) groups excluding carboxylic acids is 4. The number of ether oxygens (including phenoxy) is 3. The molecule has 4 amide bonds. The fraction of sp³-hybridized carbons (Fsp3) is 0.280. The van der Waals surface area contributed by atoms with Crippen molar-refractivity contribution in [3.8, 4) is 11.5 Å². The summed E-state index contributed by atoms with van der Waals surface area (Å²) in [5, 5.41) is 2.21. The normalized spacial score (nSPS) is 14.7. The zero-order valence-electron chi connectivity index (χ0n) is 19.7. The molecular weight excluding hydrogens is 472 g/mol. The average Bonchev–Trinajstić information content (AvgIpc) is 2.83. The number of methoxy groups -OCH3 is 1. The van der Waals surface area contributed by atoms with Gasteiger partial charge in [-0.1, -0.05) is 23.8 Å². The molecule has 10 heteroatoms. The van der Waals surface area contributed by atoms with Gasteiger partial charge in [0.1, 0.15) is 5.57 Å². The Hall–Kier alpha value is -3.79. The Kier molecular flexibility index (Phi) is 8.91. The van der Waals surface area contributed by atoms with Crippen LogP contribution in [0.2, 0.25) is 0 Å². The van der Waals surface area contributed by atoms with E-state index in [9.17, 15) is 19.2 Å². The highest BCUT2D eigenvalue weighted by atomic mass is 32.2. The Morgan fingerprint density at radius 1 is 1.09 bits per heavy atom. The number of thioether (sulfide) groups is 1. The van der Waals surface area contributed by atoms with Gasteiger partial charge in [-0.3, -0.25) is 19.7 Å². The van der Waals surface area contributed by atoms with Gasteiger partial charge in [-0.05, 0) is 49.8 Å². The van der Waals surface area contributed by atoms with E-state index >= 15 is 0 Å². The van der Waals surface area contributed by atoms with Gasteiger partial charge in [0.05, 0.1) is 31.8 Å². The first-order chi connectivity index (χ1) is 16.8. The van der Waals surface area contributed by atoms with E-state index in [4.69, 9.17) is 14.2 Å². The van der Waals surface area contributed by atoms with Crippen molar-refractivity contribution in [3.63, 3.8) is 0 Å². The number of amides is 4. The maximum atomic E-state index is 13.0. The van der Waals surface area contributed by atoms with Crippen molar-refractivity contribution >= 4 is 47.3 Å². The molecule has 9 nitrogen and oxygen atoms in total. The van der Waals surface area contributed by atoms with Crippen LogP contribution in [0.1, 0.15) is 18.1 Å². The van der Waals surface area contributed by atoms with Gasteiger partial charge < -0.3 is 14.2 Å². The second-order valence-electron chi connectivity index (χ2n) is 7.41. The monoisotopic (exact) mass is 498 g/mol. The molecule has 1 aliphatic heterocycles. The van der Waals surface area contributed by atoms with Crippen LogP contribution in [0.3, 0.4) is 0 Å². The highest BCUT2D eigenvalue weighted by Crippen LogP contribution is 2.30. The summed E-state index contributed by atoms with van der Waals surface area (Å²) in [6.45, 7) is 4.34. The number of carbonyl (C=O) groups is 4. The Balaban J connectivity index is 1.72. The highest BCUT2D eigenvalue weighted by molar-refractivity contribution is 7.99. The third-order valence-corrected chi connectivity index (χ3v) is 5.80. The molecule has 0 atom stereocenters. The Morgan fingerprint density at radius 3 is 2.51 bits per heavy atom. The molecular formula is C25H26N2O7S. The number of urea groups is 1. The van der Waals surface area contributed by atoms with E-state index in [0.717, 1.165) is 10.5 Å². The Labute approximate surface area is 207 Å². The zero-order chi connectivity index (χ0) is 25.4. The van der Waals surface area contributed by atoms with Crippen molar-refractivity contribution in [2.75, 3.05) is 36.7 Å². The van der Waals surface area contributed by atoms with Gasteiger partial charge in [0.15, 0.2) is 11.5 Å². The molecule has 0 saturated carbocycles. The molecule has 0 unspecified atom stereocenters. The summed E-state index contributed by atoms with van der Waals surface area (Å²) >= 11 is 1.40. The first kappa shape index (κ1) is 25.8. The maximum absolute atomic E-state index is 13.0. The third-order valence-electron chi connectivity index (χ3n) is 4.90. The van der Waals surface area contributed by atoms with E-state index in [1.165, 1.54) is 24.9 Å². The van der Waals surface area contributed by atoms with Gasteiger partial charge in [0.25, 0.3) is 11.8 Å². The molecule has 35 heavy (non-hydrogen) atoms. The number of hydrogen-bond acceptors (Lipinski definition) is 8. The van der Waals surface area contributed by atoms with Crippen LogP contribution in [0.25, 0.3) is 6.08 Å². The van der Waals surface area contributed by atoms with Crippen molar-refractivity contribution in [2.45, 2.75) is 13.8 Å². The summed E-state index contributed by atoms with van der Waals surface area (Å²) in [5.41, 5.74) is 1.66. The van der Waals surface area contributed by atoms with Gasteiger partial charge in [0.2, 0.25) is 0 Å². The van der Waals surface area contributed by atoms with Crippen LogP contribution in [0.15, 0.2) is 48.0 Å². The number of anilines is 1. The topological polar surface area (TPSA) is 111 Å². The van der Waals surface area contributed by atoms with Gasteiger partial charge >= 0.3 is 12.0 Å². The van der Waals surface area contributed by atoms with Crippen molar-refractivity contribution in [3.05, 3.63) is 59.2 Å². The molecule has 1 heterocycles. The van der Waals surface area contributed by atoms with E-state index in [0.29, 0.717) is 41.7 Å². The molecule has 184 valence electrons. The molecule has 0 aromatic heterocycles. The number of barbiturate groups is 1. The molecule has 2 aromatic rings. The maximum Gasteiger partial charge on any atom is 0.335 e. The van der Waals surface area contributed by atoms with Crippen LogP contribution in [-0.2, 0) is 19.1 Å². The summed E-state index contributed by atoms with van der Waals surface area (Å²) in [7, 11) is 1.48. The predicted molar refractivity (Wildman–Crippen MR) is 133 cm³/mol. The largest absolute Gasteiger partial charge is 0.493 e. The van der Waals surface area contributed by atoms with Gasteiger partial charge in [-0.2, -0.15) is 0 Å². The average molecular weight is 499 g/mol. The molecule has 1 saturated heterocycles. The van der Waals surface area contributed by atoms with Crippen LogP contribution in [0.4, 0.5) is 10.5 Å². The highest BCUT2D eigenvalue weighted by Gasteiger charge is 2.36. The Morgan fingerprint density at radius 2 is 1.83 bits per heavy atom. The lowest BCUT2D eigenvalue weighted by Gasteiger charge is -2.26. The number of aryl methyl sites for hydroxylation is 1. The van der Waals surface area contributed by atoms with Crippen molar-refractivity contribution < 1.29 is 33.4 Å². The number of hydrogen-bond donors (Lipinski definition) is 1. The number of rotatable bonds is 10. The molecule has 1 fully saturated rings. The van der Waals surface area contributed by atoms with Crippen molar-refractivity contribution in [1.82, 2.24) is 5.32 Å². The van der Waals surface area contributed by atoms with Gasteiger partial charge in [-0.15, -0.1) is 11.8 Å². The SMILES string of the molecule is CCOC(=O)CSCCOc1ccc(/C=C2/C(=O)NC(=O)N(c3ccc(C)cc3)C2=O)cc1OC. The molecule has 2 aromatic carbocycles. The lowest BCUT2D eigenvalue weighted by atomic mass is 10.1. The van der Waals surface area contributed by atoms with Crippen molar-refractivity contribution in [1.29, 1.82) is 0 Å². The van der Waals surface area contributed by atoms with Crippen LogP contribution in [0.5, 0.6) is 11.5 Å². The number of imide groups is 2. The lowest BCUT2D eigenvalue weighted by Crippen LogP contribution is -2.54. The molecule has 0 radical (unpaired) electrons. The van der Waals surface area contributed by atoms with Crippen LogP contribution in [0, 0.1) is 6.92 Å². The van der Waals surface area contributed by atoms with Crippen molar-refractivity contribution in [2.24, 2.45) is 0 Å². The first-order valence-electron chi connectivity index (χ1n) is 10.9. The van der Waals surface area contributed by atoms with E-state index in [1.807, 2.05) is 6.92 Å². The van der Waals surface area contributed by atoms with Crippen LogP contribution in [-0.4, -0.2) is 55.6 Å². The minimum absolute atomic E-state index is 0.184. The number of benzene rings is 2. The molecule has 0 bridgehead atoms. The summed E-state index contributed by atoms with van der Waals surface area (Å²) < 4.78 is 16.0. The predicted octanol–water partition coefficient (Wildman–Crippen LogP) is 3.35. The third kappa shape index (κ3) is 6.63. The lowest BCUT2D eigenvalue weighted by molar-refractivity contribution is -0.139. The van der Waals surface area contributed by atoms with E-state index in [-0.39, 0.29) is 17.3 Å². The quantitative estimate of drug-likeness (QED) is 0.230. The van der Waals surface area contributed by atoms with Crippen LogP contribution < -0.4 is 19.7 Å². The van der Waals surface area contributed by atoms with Crippen LogP contribution >= 0.6 is 11.8 Å². The number of esters is 1. The minimum Gasteiger partial charge on any atom is -0.493 e. The standard InChI is InChI=1S/C25H26N2O7S/c1-4-33-22(28)15-35-12-11-34-20-10-7-17(14-21(20)32-3)13-19-23(29)26-25(31)27(24(19)30)18-8-5-16(2)6-9-18/h5-10,13-14H,4,11-12,15H2,1-3H3,(H,26,29,31)/b19-13-. The molecule has 1 aliphatic rings. The Bertz CT molecular complexity index is 1150. The molecule has 3 rings (SSSR count). The summed E-state index contributed by atoms with van der Waals surface area (Å²) in [6.07, 6.45) is 1.40. The van der Waals surface area contributed by atoms with E-state index in [1.54, 1.807) is 49.4 Å². The fourth-order valence-corrected chi connectivity index (χ4v) is 3.81. The zero-order valence-corrected chi connectivity index (χ0v) is 20.5. The summed E-state index contributed by atoms with van der Waals surface area (Å²) in [4.78, 5) is 50.1.